The van der Waals surface area contributed by atoms with Crippen LogP contribution in [0.25, 0.3) is 0 Å². The smallest absolute Gasteiger partial charge is 0.239 e. The molecular formula is C12H18N6OS2. The normalized spacial score (nSPS) is 12.6. The van der Waals surface area contributed by atoms with E-state index in [1.54, 1.807) is 10.9 Å². The minimum Gasteiger partial charge on any atom is -0.312 e. The topological polar surface area (TPSA) is 85.6 Å². The summed E-state index contributed by atoms with van der Waals surface area (Å²) in [7, 11) is 1.85. The predicted molar refractivity (Wildman–Crippen MR) is 83.6 cm³/mol. The Bertz CT molecular complexity index is 608. The minimum atomic E-state index is -0.237. The van der Waals surface area contributed by atoms with Crippen LogP contribution in [0.2, 0.25) is 0 Å². The lowest BCUT2D eigenvalue weighted by Gasteiger charge is -2.12. The number of nitrogens with zero attached hydrogens (tertiary/aromatic N) is 5. The van der Waals surface area contributed by atoms with Gasteiger partial charge in [0.2, 0.25) is 11.0 Å². The molecule has 2 heterocycles. The lowest BCUT2D eigenvalue weighted by atomic mass is 10.2. The molecule has 21 heavy (non-hydrogen) atoms. The highest BCUT2D eigenvalue weighted by atomic mass is 32.2. The third-order valence-electron chi connectivity index (χ3n) is 2.75. The third kappa shape index (κ3) is 4.01. The molecule has 9 heteroatoms. The molecule has 0 aliphatic carbocycles. The van der Waals surface area contributed by atoms with Gasteiger partial charge < -0.3 is 4.57 Å². The van der Waals surface area contributed by atoms with Crippen molar-refractivity contribution in [3.63, 3.8) is 0 Å². The molecule has 2 rings (SSSR count). The van der Waals surface area contributed by atoms with Crippen molar-refractivity contribution in [1.82, 2.24) is 25.0 Å². The van der Waals surface area contributed by atoms with Crippen molar-refractivity contribution >= 4 is 34.1 Å². The predicted octanol–water partition coefficient (Wildman–Crippen LogP) is 2.30. The first-order chi connectivity index (χ1) is 10.0. The first-order valence-corrected chi connectivity index (χ1v) is 8.35. The second-order valence-electron chi connectivity index (χ2n) is 4.83. The van der Waals surface area contributed by atoms with Crippen molar-refractivity contribution < 1.29 is 4.79 Å². The number of nitrogens with one attached hydrogen (secondary N) is 1. The van der Waals surface area contributed by atoms with Crippen molar-refractivity contribution in [1.29, 1.82) is 0 Å². The molecule has 1 amide bonds. The highest BCUT2D eigenvalue weighted by molar-refractivity contribution is 8.00. The number of thioether (sulfide) groups is 1. The van der Waals surface area contributed by atoms with E-state index in [4.69, 9.17) is 0 Å². The summed E-state index contributed by atoms with van der Waals surface area (Å²) in [5.74, 6) is 0.222. The number of aryl methyl sites for hydroxylation is 1. The molecule has 0 aliphatic rings. The molecule has 0 bridgehead atoms. The second-order valence-corrected chi connectivity index (χ2v) is 7.01. The molecule has 0 aliphatic heterocycles. The zero-order valence-electron chi connectivity index (χ0n) is 12.4. The van der Waals surface area contributed by atoms with Crippen LogP contribution in [-0.4, -0.2) is 36.1 Å². The van der Waals surface area contributed by atoms with Gasteiger partial charge in [-0.25, -0.2) is 0 Å². The highest BCUT2D eigenvalue weighted by Gasteiger charge is 2.21. The molecule has 0 saturated heterocycles. The fourth-order valence-corrected chi connectivity index (χ4v) is 3.18. The van der Waals surface area contributed by atoms with Gasteiger partial charge in [0.05, 0.1) is 5.25 Å². The van der Waals surface area contributed by atoms with Crippen LogP contribution in [0.15, 0.2) is 11.5 Å². The van der Waals surface area contributed by atoms with Gasteiger partial charge in [0.25, 0.3) is 0 Å². The third-order valence-corrected chi connectivity index (χ3v) is 5.30. The van der Waals surface area contributed by atoms with E-state index in [9.17, 15) is 4.79 Å². The molecule has 0 fully saturated rings. The Labute approximate surface area is 131 Å². The van der Waals surface area contributed by atoms with Crippen LogP contribution in [0.5, 0.6) is 0 Å². The van der Waals surface area contributed by atoms with Gasteiger partial charge in [-0.2, -0.15) is 0 Å². The van der Waals surface area contributed by atoms with Crippen LogP contribution in [0.3, 0.4) is 0 Å². The van der Waals surface area contributed by atoms with E-state index in [1.807, 2.05) is 27.8 Å². The Hall–Kier alpha value is -1.48. The standard InChI is InChI=1S/C12H18N6OS2/c1-5-8(20-12-17-13-6-18(12)4)9(19)14-11-16-15-10(21-11)7(2)3/h6-8H,5H2,1-4H3,(H,14,16,19). The Kier molecular flexibility index (Phi) is 5.29. The van der Waals surface area contributed by atoms with Gasteiger partial charge in [-0.1, -0.05) is 43.9 Å². The number of amides is 1. The summed E-state index contributed by atoms with van der Waals surface area (Å²) in [4.78, 5) is 12.3. The van der Waals surface area contributed by atoms with Gasteiger partial charge in [-0.05, 0) is 6.42 Å². The summed E-state index contributed by atoms with van der Waals surface area (Å²) in [5.41, 5.74) is 0. The molecule has 1 N–H and O–H groups in total. The summed E-state index contributed by atoms with van der Waals surface area (Å²) in [6.07, 6.45) is 2.31. The van der Waals surface area contributed by atoms with Crippen molar-refractivity contribution in [2.45, 2.75) is 43.5 Å². The van der Waals surface area contributed by atoms with Crippen molar-refractivity contribution in [3.8, 4) is 0 Å². The lowest BCUT2D eigenvalue weighted by Crippen LogP contribution is -2.24. The van der Waals surface area contributed by atoms with Gasteiger partial charge in [-0.15, -0.1) is 20.4 Å². The van der Waals surface area contributed by atoms with Crippen LogP contribution in [0.4, 0.5) is 5.13 Å². The SMILES string of the molecule is CCC(Sc1nncn1C)C(=O)Nc1nnc(C(C)C)s1. The van der Waals surface area contributed by atoms with E-state index in [0.29, 0.717) is 17.5 Å². The number of carbonyl (C=O) groups excluding carboxylic acids is 1. The Morgan fingerprint density at radius 1 is 1.43 bits per heavy atom. The van der Waals surface area contributed by atoms with E-state index in [0.717, 1.165) is 10.2 Å². The average molecular weight is 326 g/mol. The first kappa shape index (κ1) is 15.9. The van der Waals surface area contributed by atoms with Crippen molar-refractivity contribution in [2.24, 2.45) is 7.05 Å². The molecule has 2 aromatic heterocycles. The monoisotopic (exact) mass is 326 g/mol. The van der Waals surface area contributed by atoms with Crippen molar-refractivity contribution in [3.05, 3.63) is 11.3 Å². The summed E-state index contributed by atoms with van der Waals surface area (Å²) < 4.78 is 1.79. The number of hydrogen-bond donors (Lipinski definition) is 1. The van der Waals surface area contributed by atoms with Crippen LogP contribution in [0, 0.1) is 0 Å². The summed E-state index contributed by atoms with van der Waals surface area (Å²) in [5, 5.41) is 20.6. The number of aromatic nitrogens is 5. The molecule has 0 radical (unpaired) electrons. The maximum Gasteiger partial charge on any atom is 0.239 e. The second kappa shape index (κ2) is 6.99. The molecule has 2 aromatic rings. The average Bonchev–Trinajstić information content (AvgIpc) is 3.05. The minimum absolute atomic E-state index is 0.0862. The van der Waals surface area contributed by atoms with Gasteiger partial charge >= 0.3 is 0 Å². The molecule has 0 saturated carbocycles. The molecular weight excluding hydrogens is 308 g/mol. The van der Waals surface area contributed by atoms with E-state index >= 15 is 0 Å². The van der Waals surface area contributed by atoms with Crippen LogP contribution >= 0.6 is 23.1 Å². The van der Waals surface area contributed by atoms with Crippen LogP contribution in [-0.2, 0) is 11.8 Å². The lowest BCUT2D eigenvalue weighted by molar-refractivity contribution is -0.115. The highest BCUT2D eigenvalue weighted by Crippen LogP contribution is 2.26. The van der Waals surface area contributed by atoms with Gasteiger partial charge in [0.1, 0.15) is 11.3 Å². The Morgan fingerprint density at radius 3 is 2.71 bits per heavy atom. The number of hydrogen-bond acceptors (Lipinski definition) is 7. The van der Waals surface area contributed by atoms with Crippen molar-refractivity contribution in [2.75, 3.05) is 5.32 Å². The molecule has 1 unspecified atom stereocenters. The largest absolute Gasteiger partial charge is 0.312 e. The molecule has 0 aromatic carbocycles. The fraction of sp³-hybridized carbons (Fsp3) is 0.583. The van der Waals surface area contributed by atoms with E-state index in [1.165, 1.54) is 23.1 Å². The maximum atomic E-state index is 12.3. The Balaban J connectivity index is 2.01. The van der Waals surface area contributed by atoms with Crippen LogP contribution in [0.1, 0.15) is 38.1 Å². The summed E-state index contributed by atoms with van der Waals surface area (Å²) in [6, 6.07) is 0. The molecule has 7 nitrogen and oxygen atoms in total. The first-order valence-electron chi connectivity index (χ1n) is 6.66. The number of carbonyl (C=O) groups is 1. The Morgan fingerprint density at radius 2 is 2.19 bits per heavy atom. The molecule has 0 spiro atoms. The van der Waals surface area contributed by atoms with Gasteiger partial charge in [0, 0.05) is 13.0 Å². The summed E-state index contributed by atoms with van der Waals surface area (Å²) >= 11 is 2.81. The van der Waals surface area contributed by atoms with Gasteiger partial charge in [0.15, 0.2) is 5.16 Å². The number of anilines is 1. The maximum absolute atomic E-state index is 12.3. The van der Waals surface area contributed by atoms with E-state index in [-0.39, 0.29) is 11.2 Å². The number of rotatable bonds is 6. The van der Waals surface area contributed by atoms with E-state index in [2.05, 4.69) is 25.7 Å². The summed E-state index contributed by atoms with van der Waals surface area (Å²) in [6.45, 7) is 6.06. The molecule has 1 atom stereocenters. The molecule has 114 valence electrons. The van der Waals surface area contributed by atoms with Crippen LogP contribution < -0.4 is 5.32 Å². The fourth-order valence-electron chi connectivity index (χ4n) is 1.53. The quantitative estimate of drug-likeness (QED) is 0.820. The zero-order valence-corrected chi connectivity index (χ0v) is 14.0. The zero-order chi connectivity index (χ0) is 15.4. The van der Waals surface area contributed by atoms with Gasteiger partial charge in [-0.3, -0.25) is 10.1 Å². The van der Waals surface area contributed by atoms with E-state index < -0.39 is 0 Å².